The number of halogens is 1. The molecule has 0 bridgehead atoms. The van der Waals surface area contributed by atoms with Crippen molar-refractivity contribution in [2.75, 3.05) is 17.3 Å². The second-order valence-electron chi connectivity index (χ2n) is 3.83. The van der Waals surface area contributed by atoms with Crippen LogP contribution in [0.3, 0.4) is 0 Å². The normalized spacial score (nSPS) is 19.7. The van der Waals surface area contributed by atoms with Crippen LogP contribution in [-0.2, 0) is 9.59 Å². The molecular formula is C12H12ClNO3S. The summed E-state index contributed by atoms with van der Waals surface area (Å²) in [5.41, 5.74) is 0.504. The monoisotopic (exact) mass is 285 g/mol. The molecule has 1 heterocycles. The van der Waals surface area contributed by atoms with Crippen LogP contribution in [0.1, 0.15) is 6.42 Å². The van der Waals surface area contributed by atoms with E-state index in [0.717, 1.165) is 0 Å². The molecule has 1 aromatic rings. The zero-order valence-electron chi connectivity index (χ0n) is 9.51. The van der Waals surface area contributed by atoms with Crippen molar-refractivity contribution in [3.63, 3.8) is 0 Å². The zero-order chi connectivity index (χ0) is 13.1. The summed E-state index contributed by atoms with van der Waals surface area (Å²) in [7, 11) is 0. The van der Waals surface area contributed by atoms with Crippen LogP contribution in [0.4, 0.5) is 5.69 Å². The number of aliphatic hydroxyl groups is 1. The lowest BCUT2D eigenvalue weighted by Gasteiger charge is -2.14. The number of thioether (sulfide) groups is 1. The fourth-order valence-electron chi connectivity index (χ4n) is 1.82. The Balaban J connectivity index is 2.19. The molecule has 1 aliphatic heterocycles. The van der Waals surface area contributed by atoms with E-state index in [0.29, 0.717) is 16.5 Å². The Bertz CT molecular complexity index is 480. The Morgan fingerprint density at radius 2 is 2.22 bits per heavy atom. The SMILES string of the molecule is O=C1C[C@@H](SCCO)C(=O)N1c1cccc(Cl)c1. The fraction of sp³-hybridized carbons (Fsp3) is 0.333. The van der Waals surface area contributed by atoms with Gasteiger partial charge in [-0.3, -0.25) is 9.59 Å². The number of aliphatic hydroxyl groups excluding tert-OH is 1. The van der Waals surface area contributed by atoms with E-state index >= 15 is 0 Å². The maximum Gasteiger partial charge on any atom is 0.247 e. The van der Waals surface area contributed by atoms with Crippen molar-refractivity contribution < 1.29 is 14.7 Å². The van der Waals surface area contributed by atoms with Gasteiger partial charge in [-0.25, -0.2) is 4.90 Å². The Morgan fingerprint density at radius 1 is 1.44 bits per heavy atom. The number of carbonyl (C=O) groups is 2. The molecule has 1 aliphatic rings. The van der Waals surface area contributed by atoms with Crippen molar-refractivity contribution in [2.24, 2.45) is 0 Å². The number of amides is 2. The third kappa shape index (κ3) is 2.68. The molecule has 96 valence electrons. The summed E-state index contributed by atoms with van der Waals surface area (Å²) in [4.78, 5) is 25.1. The van der Waals surface area contributed by atoms with Gasteiger partial charge in [0.15, 0.2) is 0 Å². The van der Waals surface area contributed by atoms with Gasteiger partial charge in [-0.2, -0.15) is 0 Å². The minimum Gasteiger partial charge on any atom is -0.396 e. The average Bonchev–Trinajstić information content (AvgIpc) is 2.62. The zero-order valence-corrected chi connectivity index (χ0v) is 11.1. The van der Waals surface area contributed by atoms with Crippen LogP contribution in [0.5, 0.6) is 0 Å². The largest absolute Gasteiger partial charge is 0.396 e. The van der Waals surface area contributed by atoms with Crippen LogP contribution in [0.15, 0.2) is 24.3 Å². The Morgan fingerprint density at radius 3 is 2.89 bits per heavy atom. The number of imide groups is 1. The highest BCUT2D eigenvalue weighted by molar-refractivity contribution is 8.00. The number of carbonyl (C=O) groups excluding carboxylic acids is 2. The Labute approximate surface area is 114 Å². The fourth-order valence-corrected chi connectivity index (χ4v) is 2.90. The number of nitrogens with zero attached hydrogens (tertiary/aromatic N) is 1. The molecule has 4 nitrogen and oxygen atoms in total. The van der Waals surface area contributed by atoms with Gasteiger partial charge in [0, 0.05) is 17.2 Å². The number of hydrogen-bond acceptors (Lipinski definition) is 4. The van der Waals surface area contributed by atoms with Crippen molar-refractivity contribution in [2.45, 2.75) is 11.7 Å². The lowest BCUT2D eigenvalue weighted by atomic mass is 10.3. The third-order valence-corrected chi connectivity index (χ3v) is 4.01. The van der Waals surface area contributed by atoms with Gasteiger partial charge in [0.05, 0.1) is 17.5 Å². The van der Waals surface area contributed by atoms with E-state index in [9.17, 15) is 9.59 Å². The van der Waals surface area contributed by atoms with Crippen molar-refractivity contribution in [3.8, 4) is 0 Å². The summed E-state index contributed by atoms with van der Waals surface area (Å²) < 4.78 is 0. The first-order chi connectivity index (χ1) is 8.63. The van der Waals surface area contributed by atoms with Crippen LogP contribution < -0.4 is 4.90 Å². The summed E-state index contributed by atoms with van der Waals surface area (Å²) in [6, 6.07) is 6.66. The summed E-state index contributed by atoms with van der Waals surface area (Å²) in [6.45, 7) is -0.000196. The molecule has 1 atom stereocenters. The van der Waals surface area contributed by atoms with Gasteiger partial charge in [-0.15, -0.1) is 11.8 Å². The molecule has 18 heavy (non-hydrogen) atoms. The quantitative estimate of drug-likeness (QED) is 0.856. The second-order valence-corrected chi connectivity index (χ2v) is 5.58. The van der Waals surface area contributed by atoms with Crippen LogP contribution in [0, 0.1) is 0 Å². The molecule has 1 saturated heterocycles. The van der Waals surface area contributed by atoms with E-state index in [2.05, 4.69) is 0 Å². The van der Waals surface area contributed by atoms with E-state index in [4.69, 9.17) is 16.7 Å². The maximum absolute atomic E-state index is 12.1. The third-order valence-electron chi connectivity index (χ3n) is 2.58. The molecule has 2 amide bonds. The van der Waals surface area contributed by atoms with Gasteiger partial charge >= 0.3 is 0 Å². The first-order valence-electron chi connectivity index (χ1n) is 5.48. The lowest BCUT2D eigenvalue weighted by Crippen LogP contribution is -2.31. The van der Waals surface area contributed by atoms with Crippen molar-refractivity contribution in [1.82, 2.24) is 0 Å². The molecular weight excluding hydrogens is 274 g/mol. The van der Waals surface area contributed by atoms with Gasteiger partial charge < -0.3 is 5.11 Å². The first-order valence-corrected chi connectivity index (χ1v) is 6.91. The number of rotatable bonds is 4. The lowest BCUT2D eigenvalue weighted by molar-refractivity contribution is -0.121. The van der Waals surface area contributed by atoms with Crippen LogP contribution in [0.2, 0.25) is 5.02 Å². The molecule has 0 radical (unpaired) electrons. The Kier molecular flexibility index (Phi) is 4.27. The molecule has 6 heteroatoms. The highest BCUT2D eigenvalue weighted by Crippen LogP contribution is 2.30. The standard InChI is InChI=1S/C12H12ClNO3S/c13-8-2-1-3-9(6-8)14-11(16)7-10(12(14)17)18-5-4-15/h1-3,6,10,15H,4-5,7H2/t10-/m1/s1. The van der Waals surface area contributed by atoms with Crippen LogP contribution >= 0.6 is 23.4 Å². The van der Waals surface area contributed by atoms with E-state index in [-0.39, 0.29) is 24.8 Å². The molecule has 0 spiro atoms. The van der Waals surface area contributed by atoms with Gasteiger partial charge in [0.25, 0.3) is 0 Å². The molecule has 2 rings (SSSR count). The van der Waals surface area contributed by atoms with Crippen LogP contribution in [-0.4, -0.2) is 34.5 Å². The average molecular weight is 286 g/mol. The molecule has 1 fully saturated rings. The van der Waals surface area contributed by atoms with Crippen molar-refractivity contribution >= 4 is 40.9 Å². The number of hydrogen-bond donors (Lipinski definition) is 1. The molecule has 0 unspecified atom stereocenters. The van der Waals surface area contributed by atoms with E-state index in [1.807, 2.05) is 0 Å². The molecule has 1 N–H and O–H groups in total. The Hall–Kier alpha value is -1.04. The highest BCUT2D eigenvalue weighted by atomic mass is 35.5. The van der Waals surface area contributed by atoms with E-state index in [1.165, 1.54) is 16.7 Å². The van der Waals surface area contributed by atoms with E-state index < -0.39 is 5.25 Å². The summed E-state index contributed by atoms with van der Waals surface area (Å²) in [5, 5.41) is 8.84. The van der Waals surface area contributed by atoms with Crippen LogP contribution in [0.25, 0.3) is 0 Å². The number of anilines is 1. The predicted octanol–water partition coefficient (Wildman–Crippen LogP) is 1.70. The minimum atomic E-state index is -0.399. The maximum atomic E-state index is 12.1. The topological polar surface area (TPSA) is 57.6 Å². The van der Waals surface area contributed by atoms with Crippen molar-refractivity contribution in [1.29, 1.82) is 0 Å². The highest BCUT2D eigenvalue weighted by Gasteiger charge is 2.39. The van der Waals surface area contributed by atoms with Gasteiger partial charge in [-0.1, -0.05) is 17.7 Å². The molecule has 0 saturated carbocycles. The summed E-state index contributed by atoms with van der Waals surface area (Å²) in [5.74, 6) is -0.00833. The summed E-state index contributed by atoms with van der Waals surface area (Å²) >= 11 is 7.15. The smallest absolute Gasteiger partial charge is 0.247 e. The van der Waals surface area contributed by atoms with Gasteiger partial charge in [0.1, 0.15) is 0 Å². The molecule has 0 aromatic heterocycles. The van der Waals surface area contributed by atoms with Crippen molar-refractivity contribution in [3.05, 3.63) is 29.3 Å². The van der Waals surface area contributed by atoms with E-state index in [1.54, 1.807) is 24.3 Å². The molecule has 1 aromatic carbocycles. The summed E-state index contributed by atoms with van der Waals surface area (Å²) in [6.07, 6.45) is 0.177. The van der Waals surface area contributed by atoms with Gasteiger partial charge in [0.2, 0.25) is 11.8 Å². The number of benzene rings is 1. The van der Waals surface area contributed by atoms with Gasteiger partial charge in [-0.05, 0) is 18.2 Å². The minimum absolute atomic E-state index is 0.000196. The predicted molar refractivity (Wildman–Crippen MR) is 71.9 cm³/mol. The molecule has 0 aliphatic carbocycles. The second kappa shape index (κ2) is 5.73. The first kappa shape index (κ1) is 13.4.